The number of alkyl carbamates (subject to hydrolysis) is 1. The maximum atomic E-state index is 14.0. The monoisotopic (exact) mass is 1190 g/mol. The number of nitrogens with one attached hydrogen (secondary N) is 5. The van der Waals surface area contributed by atoms with Gasteiger partial charge in [0.1, 0.15) is 24.7 Å². The summed E-state index contributed by atoms with van der Waals surface area (Å²) < 4.78 is 28.7. The second-order valence-corrected chi connectivity index (χ2v) is 25.4. The second kappa shape index (κ2) is 34.6. The van der Waals surface area contributed by atoms with Gasteiger partial charge in [-0.2, -0.15) is 0 Å². The molecule has 1 saturated heterocycles. The van der Waals surface area contributed by atoms with Crippen molar-refractivity contribution in [3.05, 3.63) is 47.5 Å². The number of carbonyl (C=O) groups excluding carboxylic acids is 6. The van der Waals surface area contributed by atoms with E-state index in [-0.39, 0.29) is 70.5 Å². The van der Waals surface area contributed by atoms with Crippen LogP contribution in [0.5, 0.6) is 0 Å². The molecule has 1 heterocycles. The molecule has 0 radical (unpaired) electrons. The fourth-order valence-electron chi connectivity index (χ4n) is 14.5. The molecule has 21 heteroatoms. The van der Waals surface area contributed by atoms with Crippen LogP contribution in [-0.2, 0) is 58.9 Å². The average Bonchev–Trinajstić information content (AvgIpc) is 1.82. The van der Waals surface area contributed by atoms with E-state index in [2.05, 4.69) is 72.3 Å². The van der Waals surface area contributed by atoms with Gasteiger partial charge in [-0.1, -0.05) is 95.9 Å². The van der Waals surface area contributed by atoms with Crippen LogP contribution in [0.1, 0.15) is 162 Å². The predicted octanol–water partition coefficient (Wildman–Crippen LogP) is 6.43. The van der Waals surface area contributed by atoms with E-state index in [1.54, 1.807) is 35.9 Å². The van der Waals surface area contributed by atoms with Crippen LogP contribution in [0.3, 0.4) is 0 Å². The number of Topliss-reactive ketones (excluding diaryl/α,β-unsaturated/α-hetero) is 1. The molecule has 0 aromatic heterocycles. The van der Waals surface area contributed by atoms with E-state index >= 15 is 0 Å². The number of benzene rings is 1. The summed E-state index contributed by atoms with van der Waals surface area (Å²) in [6, 6.07) is 3.54. The van der Waals surface area contributed by atoms with Gasteiger partial charge in [0.25, 0.3) is 0 Å². The predicted molar refractivity (Wildman–Crippen MR) is 323 cm³/mol. The van der Waals surface area contributed by atoms with Crippen molar-refractivity contribution < 1.29 is 62.4 Å². The number of nitrogens with zero attached hydrogens (tertiary/aromatic N) is 1. The number of hydrogen-bond acceptors (Lipinski definition) is 13. The number of allylic oxidation sites excluding steroid dienone is 1. The zero-order valence-electron chi connectivity index (χ0n) is 51.5. The maximum Gasteiger partial charge on any atom is 0.407 e. The Balaban J connectivity index is 0.848. The maximum absolute atomic E-state index is 14.0. The number of rotatable bonds is 31. The highest BCUT2D eigenvalue weighted by Gasteiger charge is 2.59. The Morgan fingerprint density at radius 2 is 1.38 bits per heavy atom. The number of unbranched alkanes of at least 4 members (excludes halogenated alkanes) is 1. The Kier molecular flexibility index (Phi) is 27.9. The summed E-state index contributed by atoms with van der Waals surface area (Å²) in [5.74, 6) is -0.189. The largest absolute Gasteiger partial charge is 0.481 e. The lowest BCUT2D eigenvalue weighted by molar-refractivity contribution is -0.141. The van der Waals surface area contributed by atoms with Gasteiger partial charge in [0.2, 0.25) is 23.6 Å². The lowest BCUT2D eigenvalue weighted by atomic mass is 9.47. The van der Waals surface area contributed by atoms with Gasteiger partial charge in [-0.3, -0.25) is 33.8 Å². The highest BCUT2D eigenvalue weighted by molar-refractivity contribution is 5.98. The summed E-state index contributed by atoms with van der Waals surface area (Å²) in [6.07, 6.45) is 16.1. The van der Waals surface area contributed by atoms with Crippen LogP contribution in [0.25, 0.3) is 0 Å². The van der Waals surface area contributed by atoms with E-state index in [1.165, 1.54) is 57.8 Å². The molecule has 0 bridgehead atoms. The van der Waals surface area contributed by atoms with Crippen LogP contribution >= 0.6 is 0 Å². The highest BCUT2D eigenvalue weighted by atomic mass is 16.6. The smallest absolute Gasteiger partial charge is 0.407 e. The van der Waals surface area contributed by atoms with Crippen LogP contribution < -0.4 is 38.1 Å². The lowest BCUT2D eigenvalue weighted by Gasteiger charge is -2.58. The van der Waals surface area contributed by atoms with Gasteiger partial charge in [0, 0.05) is 32.4 Å². The quantitative estimate of drug-likeness (QED) is 0.0172. The molecule has 5 aliphatic rings. The first-order valence-corrected chi connectivity index (χ1v) is 31.8. The molecule has 21 nitrogen and oxygen atoms in total. The molecule has 5 amide bonds. The van der Waals surface area contributed by atoms with E-state index in [0.29, 0.717) is 68.9 Å². The molecule has 1 aromatic carbocycles. The van der Waals surface area contributed by atoms with Crippen molar-refractivity contribution in [3.63, 3.8) is 0 Å². The number of ketones is 1. The zero-order chi connectivity index (χ0) is 61.4. The molecule has 10 N–H and O–H groups in total. The molecular formula is C64H102N8O13. The Morgan fingerprint density at radius 3 is 2.08 bits per heavy atom. The van der Waals surface area contributed by atoms with Gasteiger partial charge in [-0.15, -0.1) is 0 Å². The van der Waals surface area contributed by atoms with Crippen molar-refractivity contribution in [1.29, 1.82) is 0 Å². The van der Waals surface area contributed by atoms with Crippen molar-refractivity contribution in [1.82, 2.24) is 26.6 Å². The van der Waals surface area contributed by atoms with E-state index in [4.69, 9.17) is 35.2 Å². The third-order valence-corrected chi connectivity index (χ3v) is 19.1. The minimum atomic E-state index is -1.57. The molecule has 85 heavy (non-hydrogen) atoms. The topological polar surface area (TPSA) is 310 Å². The van der Waals surface area contributed by atoms with Crippen molar-refractivity contribution in [2.45, 2.75) is 193 Å². The summed E-state index contributed by atoms with van der Waals surface area (Å²) in [4.78, 5) is 96.3. The summed E-state index contributed by atoms with van der Waals surface area (Å²) in [6.45, 7) is 15.6. The Morgan fingerprint density at radius 1 is 0.718 bits per heavy atom. The number of amides is 5. The highest BCUT2D eigenvalue weighted by Crippen LogP contribution is 2.67. The average molecular weight is 1190 g/mol. The fourth-order valence-corrected chi connectivity index (χ4v) is 14.5. The number of hydrogen-bond donors (Lipinski definition) is 8. The van der Waals surface area contributed by atoms with Gasteiger partial charge in [0.05, 0.1) is 64.8 Å². The molecule has 476 valence electrons. The molecule has 4 fully saturated rings. The fraction of sp³-hybridized carbons (Fsp3) is 0.750. The summed E-state index contributed by atoms with van der Waals surface area (Å²) >= 11 is 0. The van der Waals surface area contributed by atoms with Gasteiger partial charge in [0.15, 0.2) is 11.7 Å². The molecule has 4 aliphatic carbocycles. The van der Waals surface area contributed by atoms with Gasteiger partial charge >= 0.3 is 12.1 Å². The first-order valence-electron chi connectivity index (χ1n) is 31.8. The second-order valence-electron chi connectivity index (χ2n) is 25.4. The van der Waals surface area contributed by atoms with Crippen LogP contribution in [0, 0.1) is 46.3 Å². The summed E-state index contributed by atoms with van der Waals surface area (Å²) in [7, 11) is 0. The first-order chi connectivity index (χ1) is 40.8. The van der Waals surface area contributed by atoms with Crippen LogP contribution in [0.4, 0.5) is 4.79 Å². The minimum absolute atomic E-state index is 0.00818. The van der Waals surface area contributed by atoms with E-state index < -0.39 is 78.5 Å². The third kappa shape index (κ3) is 21.3. The standard InChI is InChI=1S/C64H102N8O13/c1-42(2)13-11-14-43(3)48-21-22-49-47-20-19-45-40-46(25-27-63(45,4)50(47)26-28-64(48,49)5)84-37-35-82-33-31-81-32-34-83-36-38-85-62(80)68-29-10-9-17-52-58(77)70-51(18-12-30-67-61(65)66)55(73)23-24-56(74)69-54(41-57(75)76)60(79)72-53(59(78)71-52)39-44-15-7-6-8-16-44/h6-8,15-16,19,42-43,46-54H,9-14,17-18,20-41H2,1-5H3,(H,68,80)(H,69,74)(H,70,77)(H,71,78)(H,72,79)(H,75,76)(H4,65,66,67)/t43?,46?,47?,48?,49?,50?,51-,52+,53-,54+,63?,64?/m1/s1. The molecule has 0 spiro atoms. The number of aliphatic carboxylic acids is 1. The number of carbonyl (C=O) groups is 7. The molecule has 8 unspecified atom stereocenters. The first kappa shape index (κ1) is 68.5. The van der Waals surface area contributed by atoms with Crippen molar-refractivity contribution in [2.75, 3.05) is 65.9 Å². The van der Waals surface area contributed by atoms with E-state index in [0.717, 1.165) is 48.3 Å². The van der Waals surface area contributed by atoms with Crippen molar-refractivity contribution >= 4 is 47.4 Å². The Bertz CT molecular complexity index is 2390. The molecular weight excluding hydrogens is 1090 g/mol. The van der Waals surface area contributed by atoms with Gasteiger partial charge < -0.3 is 66.8 Å². The number of aliphatic imine (C=N–C) groups is 1. The van der Waals surface area contributed by atoms with Crippen molar-refractivity contribution in [3.8, 4) is 0 Å². The van der Waals surface area contributed by atoms with Gasteiger partial charge in [-0.05, 0) is 135 Å². The Labute approximate surface area is 504 Å². The van der Waals surface area contributed by atoms with Crippen LogP contribution in [0.15, 0.2) is 47.0 Å². The molecule has 1 aliphatic heterocycles. The lowest BCUT2D eigenvalue weighted by Crippen LogP contribution is -2.58. The number of fused-ring (bicyclic) bond motifs is 5. The molecule has 1 aromatic rings. The van der Waals surface area contributed by atoms with E-state index in [1.807, 2.05) is 0 Å². The number of carboxylic acids is 1. The van der Waals surface area contributed by atoms with Gasteiger partial charge in [-0.25, -0.2) is 4.79 Å². The normalized spacial score (nSPS) is 28.6. The third-order valence-electron chi connectivity index (χ3n) is 19.1. The summed E-state index contributed by atoms with van der Waals surface area (Å²) in [5.41, 5.74) is 14.0. The molecule has 12 atom stereocenters. The number of guanidine groups is 1. The minimum Gasteiger partial charge on any atom is -0.481 e. The zero-order valence-corrected chi connectivity index (χ0v) is 51.5. The SMILES string of the molecule is CC(C)CCCC(C)C1CCC2C3CC=C4CC(OCCOCCOCCOCCOC(=O)NCCCC[C@@H]5NC(=O)[C@@H](Cc6ccccc6)NC(=O)[C@H](CC(=O)O)NC(=O)CCC(=O)[C@@H](CCCN=C(N)N)NC5=O)CCC4(C)C3CCC12C. The number of nitrogens with two attached hydrogens (primary N) is 2. The number of carboxylic acid groups (broad SMARTS) is 1. The van der Waals surface area contributed by atoms with Crippen LogP contribution in [-0.4, -0.2) is 149 Å². The number of ether oxygens (including phenoxy) is 5. The van der Waals surface area contributed by atoms with Crippen LogP contribution in [0.2, 0.25) is 0 Å². The van der Waals surface area contributed by atoms with E-state index in [9.17, 15) is 38.7 Å². The summed E-state index contributed by atoms with van der Waals surface area (Å²) in [5, 5.41) is 22.7. The molecule has 6 rings (SSSR count). The Hall–Kier alpha value is -5.64. The molecule has 3 saturated carbocycles. The van der Waals surface area contributed by atoms with Crippen molar-refractivity contribution in [2.24, 2.45) is 62.8 Å².